The molecule has 0 amide bonds. The zero-order valence-corrected chi connectivity index (χ0v) is 6.53. The molecule has 2 heterocycles. The predicted molar refractivity (Wildman–Crippen MR) is 39.3 cm³/mol. The number of ether oxygens (including phenoxy) is 2. The fourth-order valence-corrected chi connectivity index (χ4v) is 1.76. The van der Waals surface area contributed by atoms with Crippen LogP contribution in [-0.2, 0) is 9.47 Å². The van der Waals surface area contributed by atoms with Crippen LogP contribution in [0.5, 0.6) is 0 Å². The van der Waals surface area contributed by atoms with Gasteiger partial charge in [0.1, 0.15) is 0 Å². The summed E-state index contributed by atoms with van der Waals surface area (Å²) in [5.41, 5.74) is 0. The van der Waals surface area contributed by atoms with Gasteiger partial charge >= 0.3 is 0 Å². The molecule has 2 aliphatic heterocycles. The standard InChI is InChI=1S/C8H14O3/c9-7-5-10-3-1-6(7)8-2-4-11-8/h6-9H,1-5H2. The zero-order chi connectivity index (χ0) is 7.68. The van der Waals surface area contributed by atoms with Gasteiger partial charge in [0.15, 0.2) is 0 Å². The van der Waals surface area contributed by atoms with Gasteiger partial charge in [0.05, 0.1) is 18.8 Å². The number of hydrogen-bond acceptors (Lipinski definition) is 3. The summed E-state index contributed by atoms with van der Waals surface area (Å²) in [6, 6.07) is 0. The minimum atomic E-state index is -0.297. The van der Waals surface area contributed by atoms with Gasteiger partial charge in [-0.05, 0) is 12.8 Å². The van der Waals surface area contributed by atoms with Crippen LogP contribution in [0.15, 0.2) is 0 Å². The number of rotatable bonds is 1. The molecule has 0 radical (unpaired) electrons. The third-order valence-corrected chi connectivity index (χ3v) is 2.59. The number of hydrogen-bond donors (Lipinski definition) is 1. The van der Waals surface area contributed by atoms with Crippen LogP contribution in [0.2, 0.25) is 0 Å². The summed E-state index contributed by atoms with van der Waals surface area (Å²) in [5.74, 6) is 0.331. The van der Waals surface area contributed by atoms with E-state index >= 15 is 0 Å². The van der Waals surface area contributed by atoms with E-state index in [1.54, 1.807) is 0 Å². The van der Waals surface area contributed by atoms with Crippen molar-refractivity contribution in [1.82, 2.24) is 0 Å². The quantitative estimate of drug-likeness (QED) is 0.591. The summed E-state index contributed by atoms with van der Waals surface area (Å²) in [4.78, 5) is 0. The summed E-state index contributed by atoms with van der Waals surface area (Å²) < 4.78 is 10.5. The van der Waals surface area contributed by atoms with Crippen LogP contribution < -0.4 is 0 Å². The van der Waals surface area contributed by atoms with E-state index in [-0.39, 0.29) is 6.10 Å². The minimum absolute atomic E-state index is 0.297. The summed E-state index contributed by atoms with van der Waals surface area (Å²) >= 11 is 0. The van der Waals surface area contributed by atoms with Crippen LogP contribution >= 0.6 is 0 Å². The molecular formula is C8H14O3. The highest BCUT2D eigenvalue weighted by Gasteiger charge is 2.35. The fraction of sp³-hybridized carbons (Fsp3) is 1.00. The molecule has 1 N–H and O–H groups in total. The Hall–Kier alpha value is -0.120. The van der Waals surface area contributed by atoms with Gasteiger partial charge in [0, 0.05) is 19.1 Å². The molecule has 2 fully saturated rings. The Morgan fingerprint density at radius 1 is 1.18 bits per heavy atom. The Kier molecular flexibility index (Phi) is 2.11. The lowest BCUT2D eigenvalue weighted by molar-refractivity contribution is -0.149. The van der Waals surface area contributed by atoms with E-state index in [2.05, 4.69) is 0 Å². The Balaban J connectivity index is 1.88. The van der Waals surface area contributed by atoms with E-state index in [9.17, 15) is 5.11 Å². The first kappa shape index (κ1) is 7.53. The second kappa shape index (κ2) is 3.09. The highest BCUT2D eigenvalue weighted by molar-refractivity contribution is 4.83. The molecule has 3 heteroatoms. The maximum Gasteiger partial charge on any atom is 0.0827 e. The molecule has 0 spiro atoms. The van der Waals surface area contributed by atoms with Gasteiger partial charge in [-0.15, -0.1) is 0 Å². The molecular weight excluding hydrogens is 144 g/mol. The highest BCUT2D eigenvalue weighted by Crippen LogP contribution is 2.28. The minimum Gasteiger partial charge on any atom is -0.390 e. The highest BCUT2D eigenvalue weighted by atomic mass is 16.5. The Morgan fingerprint density at radius 2 is 2.00 bits per heavy atom. The van der Waals surface area contributed by atoms with Crippen LogP contribution in [0, 0.1) is 5.92 Å². The molecule has 11 heavy (non-hydrogen) atoms. The Labute approximate surface area is 66.3 Å². The van der Waals surface area contributed by atoms with Gasteiger partial charge < -0.3 is 14.6 Å². The van der Waals surface area contributed by atoms with Gasteiger partial charge in [0.25, 0.3) is 0 Å². The van der Waals surface area contributed by atoms with Crippen molar-refractivity contribution in [3.8, 4) is 0 Å². The van der Waals surface area contributed by atoms with E-state index in [1.807, 2.05) is 0 Å². The van der Waals surface area contributed by atoms with Crippen molar-refractivity contribution in [2.75, 3.05) is 19.8 Å². The average Bonchev–Trinajstić information content (AvgIpc) is 1.90. The van der Waals surface area contributed by atoms with E-state index < -0.39 is 0 Å². The van der Waals surface area contributed by atoms with Crippen molar-refractivity contribution in [2.45, 2.75) is 25.0 Å². The van der Waals surface area contributed by atoms with Gasteiger partial charge in [-0.25, -0.2) is 0 Å². The summed E-state index contributed by atoms with van der Waals surface area (Å²) in [6.07, 6.45) is 2.08. The maximum atomic E-state index is 9.50. The third-order valence-electron chi connectivity index (χ3n) is 2.59. The molecule has 0 aromatic rings. The molecule has 64 valence electrons. The Bertz CT molecular complexity index is 131. The van der Waals surface area contributed by atoms with Crippen molar-refractivity contribution in [3.05, 3.63) is 0 Å². The van der Waals surface area contributed by atoms with Crippen LogP contribution in [0.25, 0.3) is 0 Å². The monoisotopic (exact) mass is 158 g/mol. The first-order valence-corrected chi connectivity index (χ1v) is 4.25. The molecule has 0 saturated carbocycles. The smallest absolute Gasteiger partial charge is 0.0827 e. The van der Waals surface area contributed by atoms with Gasteiger partial charge in [0.2, 0.25) is 0 Å². The molecule has 0 aromatic carbocycles. The second-order valence-corrected chi connectivity index (χ2v) is 3.29. The molecule has 2 rings (SSSR count). The third kappa shape index (κ3) is 1.41. The fourth-order valence-electron chi connectivity index (χ4n) is 1.76. The number of aliphatic hydroxyl groups excluding tert-OH is 1. The van der Waals surface area contributed by atoms with E-state index in [4.69, 9.17) is 9.47 Å². The lowest BCUT2D eigenvalue weighted by atomic mass is 9.87. The SMILES string of the molecule is OC1COCCC1C1CCO1. The molecule has 0 bridgehead atoms. The van der Waals surface area contributed by atoms with Crippen molar-refractivity contribution in [1.29, 1.82) is 0 Å². The first-order valence-electron chi connectivity index (χ1n) is 4.25. The molecule has 2 saturated heterocycles. The van der Waals surface area contributed by atoms with Crippen LogP contribution in [0.4, 0.5) is 0 Å². The van der Waals surface area contributed by atoms with E-state index in [0.29, 0.717) is 18.6 Å². The van der Waals surface area contributed by atoms with Crippen molar-refractivity contribution < 1.29 is 14.6 Å². The topological polar surface area (TPSA) is 38.7 Å². The van der Waals surface area contributed by atoms with Crippen LogP contribution in [-0.4, -0.2) is 37.1 Å². The molecule has 3 unspecified atom stereocenters. The molecule has 0 aliphatic carbocycles. The zero-order valence-electron chi connectivity index (χ0n) is 6.53. The van der Waals surface area contributed by atoms with E-state index in [0.717, 1.165) is 26.1 Å². The van der Waals surface area contributed by atoms with Gasteiger partial charge in [-0.3, -0.25) is 0 Å². The number of aliphatic hydroxyl groups is 1. The Morgan fingerprint density at radius 3 is 2.55 bits per heavy atom. The van der Waals surface area contributed by atoms with Crippen LogP contribution in [0.3, 0.4) is 0 Å². The summed E-state index contributed by atoms with van der Waals surface area (Å²) in [5, 5.41) is 9.50. The predicted octanol–water partition coefficient (Wildman–Crippen LogP) is 0.173. The lowest BCUT2D eigenvalue weighted by Crippen LogP contribution is -2.45. The molecule has 3 nitrogen and oxygen atoms in total. The first-order chi connectivity index (χ1) is 5.38. The molecule has 3 atom stereocenters. The summed E-state index contributed by atoms with van der Waals surface area (Å²) in [7, 11) is 0. The molecule has 0 aromatic heterocycles. The van der Waals surface area contributed by atoms with Crippen molar-refractivity contribution in [2.24, 2.45) is 5.92 Å². The summed E-state index contributed by atoms with van der Waals surface area (Å²) in [6.45, 7) is 2.14. The second-order valence-electron chi connectivity index (χ2n) is 3.29. The van der Waals surface area contributed by atoms with E-state index in [1.165, 1.54) is 0 Å². The molecule has 2 aliphatic rings. The normalized spacial score (nSPS) is 45.0. The van der Waals surface area contributed by atoms with Gasteiger partial charge in [-0.2, -0.15) is 0 Å². The van der Waals surface area contributed by atoms with Crippen molar-refractivity contribution in [3.63, 3.8) is 0 Å². The van der Waals surface area contributed by atoms with Crippen LogP contribution in [0.1, 0.15) is 12.8 Å². The largest absolute Gasteiger partial charge is 0.390 e. The average molecular weight is 158 g/mol. The lowest BCUT2D eigenvalue weighted by Gasteiger charge is -2.38. The van der Waals surface area contributed by atoms with Gasteiger partial charge in [-0.1, -0.05) is 0 Å². The van der Waals surface area contributed by atoms with Crippen molar-refractivity contribution >= 4 is 0 Å². The maximum absolute atomic E-state index is 9.50.